The summed E-state index contributed by atoms with van der Waals surface area (Å²) in [5.74, 6) is -0.0119. The minimum Gasteiger partial charge on any atom is -0.444 e. The second kappa shape index (κ2) is 8.69. The van der Waals surface area contributed by atoms with Crippen molar-refractivity contribution >= 4 is 44.4 Å². The number of nitrogens with zero attached hydrogens (tertiary/aromatic N) is 1. The summed E-state index contributed by atoms with van der Waals surface area (Å²) < 4.78 is 6.30. The fourth-order valence-corrected chi connectivity index (χ4v) is 4.01. The van der Waals surface area contributed by atoms with Crippen molar-refractivity contribution in [2.45, 2.75) is 71.1 Å². The van der Waals surface area contributed by atoms with Crippen molar-refractivity contribution in [1.29, 1.82) is 0 Å². The zero-order chi connectivity index (χ0) is 21.2. The highest BCUT2D eigenvalue weighted by atomic mass is 79.9. The quantitative estimate of drug-likeness (QED) is 0.591. The molecule has 0 atom stereocenters. The van der Waals surface area contributed by atoms with Crippen LogP contribution in [0.5, 0.6) is 0 Å². The third kappa shape index (κ3) is 5.69. The number of alkyl carbamates (subject to hydrolysis) is 1. The van der Waals surface area contributed by atoms with E-state index in [1.165, 1.54) is 0 Å². The minimum absolute atomic E-state index is 0.0119. The molecule has 1 fully saturated rings. The predicted molar refractivity (Wildman–Crippen MR) is 118 cm³/mol. The monoisotopic (exact) mass is 461 g/mol. The number of Topliss-reactive ketones (excluding diaryl/α,β-unsaturated/α-hetero) is 1. The zero-order valence-electron chi connectivity index (χ0n) is 17.3. The molecular weight excluding hydrogens is 434 g/mol. The number of ketones is 1. The smallest absolute Gasteiger partial charge is 0.407 e. The third-order valence-electron chi connectivity index (χ3n) is 5.01. The maximum absolute atomic E-state index is 12.2. The Morgan fingerprint density at radius 1 is 1.14 bits per heavy atom. The molecule has 1 aliphatic rings. The predicted octanol–water partition coefficient (Wildman–Crippen LogP) is 5.45. The third-order valence-corrected chi connectivity index (χ3v) is 5.50. The van der Waals surface area contributed by atoms with Gasteiger partial charge >= 0.3 is 6.09 Å². The number of aromatic nitrogens is 1. The van der Waals surface area contributed by atoms with Gasteiger partial charge in [0.05, 0.1) is 16.8 Å². The first-order chi connectivity index (χ1) is 13.6. The van der Waals surface area contributed by atoms with Crippen LogP contribution in [-0.4, -0.2) is 34.5 Å². The zero-order valence-corrected chi connectivity index (χ0v) is 18.9. The van der Waals surface area contributed by atoms with Crippen LogP contribution in [0.1, 0.15) is 63.7 Å². The van der Waals surface area contributed by atoms with Crippen molar-refractivity contribution in [3.63, 3.8) is 0 Å². The lowest BCUT2D eigenvalue weighted by molar-refractivity contribution is 0.0492. The Morgan fingerprint density at radius 3 is 2.41 bits per heavy atom. The topological polar surface area (TPSA) is 80.3 Å². The maximum atomic E-state index is 12.2. The molecule has 1 aromatic heterocycles. The Hall–Kier alpha value is -2.15. The lowest BCUT2D eigenvalue weighted by atomic mass is 9.90. The minimum atomic E-state index is -0.497. The number of pyridine rings is 1. The van der Waals surface area contributed by atoms with Crippen LogP contribution < -0.4 is 10.6 Å². The van der Waals surface area contributed by atoms with E-state index >= 15 is 0 Å². The van der Waals surface area contributed by atoms with Crippen LogP contribution in [0.4, 0.5) is 10.5 Å². The number of anilines is 1. The van der Waals surface area contributed by atoms with Crippen LogP contribution in [-0.2, 0) is 4.74 Å². The summed E-state index contributed by atoms with van der Waals surface area (Å²) in [6.07, 6.45) is 4.80. The molecule has 1 heterocycles. The molecule has 0 saturated heterocycles. The fraction of sp³-hybridized carbons (Fsp3) is 0.500. The SMILES string of the molecule is CC(=O)c1cnc2ccc(Br)cc2c1NC1CCC(NC(=O)OC(C)(C)C)CC1. The fourth-order valence-electron chi connectivity index (χ4n) is 3.65. The second-order valence-electron chi connectivity index (χ2n) is 8.60. The standard InChI is InChI=1S/C22H28BrN3O3/c1-13(27)18-12-24-19-10-5-14(23)11-17(19)20(18)25-15-6-8-16(9-7-15)26-21(28)29-22(2,3)4/h5,10-12,15-16H,6-9H2,1-4H3,(H,24,25)(H,26,28). The van der Waals surface area contributed by atoms with E-state index in [0.29, 0.717) is 5.56 Å². The van der Waals surface area contributed by atoms with Gasteiger partial charge in [0.1, 0.15) is 5.60 Å². The van der Waals surface area contributed by atoms with Gasteiger partial charge < -0.3 is 15.4 Å². The van der Waals surface area contributed by atoms with E-state index in [-0.39, 0.29) is 24.0 Å². The average Bonchev–Trinajstić information content (AvgIpc) is 2.62. The molecule has 29 heavy (non-hydrogen) atoms. The van der Waals surface area contributed by atoms with Crippen molar-refractivity contribution in [2.75, 3.05) is 5.32 Å². The van der Waals surface area contributed by atoms with Crippen molar-refractivity contribution in [1.82, 2.24) is 10.3 Å². The van der Waals surface area contributed by atoms with Crippen molar-refractivity contribution < 1.29 is 14.3 Å². The summed E-state index contributed by atoms with van der Waals surface area (Å²) >= 11 is 3.51. The molecule has 0 radical (unpaired) electrons. The van der Waals surface area contributed by atoms with Crippen LogP contribution in [0.3, 0.4) is 0 Å². The first-order valence-corrected chi connectivity index (χ1v) is 10.8. The number of ether oxygens (including phenoxy) is 1. The Labute approximate surface area is 179 Å². The largest absolute Gasteiger partial charge is 0.444 e. The van der Waals surface area contributed by atoms with Crippen molar-refractivity contribution in [2.24, 2.45) is 0 Å². The molecule has 1 aromatic carbocycles. The molecular formula is C22H28BrN3O3. The average molecular weight is 462 g/mol. The summed E-state index contributed by atoms with van der Waals surface area (Å²) in [4.78, 5) is 28.6. The van der Waals surface area contributed by atoms with Crippen LogP contribution in [0.2, 0.25) is 0 Å². The van der Waals surface area contributed by atoms with Crippen molar-refractivity contribution in [3.05, 3.63) is 34.4 Å². The first kappa shape index (κ1) is 21.6. The van der Waals surface area contributed by atoms with E-state index in [1.807, 2.05) is 39.0 Å². The van der Waals surface area contributed by atoms with Crippen LogP contribution in [0.25, 0.3) is 10.9 Å². The molecule has 0 unspecified atom stereocenters. The molecule has 7 heteroatoms. The number of carbonyl (C=O) groups excluding carboxylic acids is 2. The van der Waals surface area contributed by atoms with E-state index in [4.69, 9.17) is 4.74 Å². The van der Waals surface area contributed by atoms with E-state index in [9.17, 15) is 9.59 Å². The van der Waals surface area contributed by atoms with Crippen LogP contribution >= 0.6 is 15.9 Å². The Bertz CT molecular complexity index is 915. The normalized spacial score (nSPS) is 19.6. The van der Waals surface area contributed by atoms with Gasteiger partial charge in [-0.05, 0) is 71.6 Å². The van der Waals surface area contributed by atoms with Gasteiger partial charge in [-0.3, -0.25) is 9.78 Å². The van der Waals surface area contributed by atoms with Crippen LogP contribution in [0, 0.1) is 0 Å². The number of hydrogen-bond donors (Lipinski definition) is 2. The Balaban J connectivity index is 1.70. The van der Waals surface area contributed by atoms with Gasteiger partial charge in [0, 0.05) is 28.1 Å². The van der Waals surface area contributed by atoms with E-state index in [0.717, 1.165) is 46.7 Å². The Kier molecular flexibility index (Phi) is 6.46. The highest BCUT2D eigenvalue weighted by Crippen LogP contribution is 2.32. The Morgan fingerprint density at radius 2 is 1.79 bits per heavy atom. The molecule has 156 valence electrons. The molecule has 0 spiro atoms. The molecule has 1 saturated carbocycles. The second-order valence-corrected chi connectivity index (χ2v) is 9.52. The van der Waals surface area contributed by atoms with Gasteiger partial charge in [-0.1, -0.05) is 15.9 Å². The van der Waals surface area contributed by atoms with Crippen molar-refractivity contribution in [3.8, 4) is 0 Å². The van der Waals surface area contributed by atoms with Gasteiger partial charge in [0.2, 0.25) is 0 Å². The number of carbonyl (C=O) groups is 2. The summed E-state index contributed by atoms with van der Waals surface area (Å²) in [5, 5.41) is 7.49. The van der Waals surface area contributed by atoms with Gasteiger partial charge in [0.25, 0.3) is 0 Å². The molecule has 1 amide bonds. The molecule has 0 bridgehead atoms. The molecule has 2 aromatic rings. The number of fused-ring (bicyclic) bond motifs is 1. The first-order valence-electron chi connectivity index (χ1n) is 9.97. The molecule has 3 rings (SSSR count). The summed E-state index contributed by atoms with van der Waals surface area (Å²) in [5.41, 5.74) is 1.79. The number of hydrogen-bond acceptors (Lipinski definition) is 5. The molecule has 2 N–H and O–H groups in total. The number of nitrogens with one attached hydrogen (secondary N) is 2. The van der Waals surface area contributed by atoms with Gasteiger partial charge in [-0.2, -0.15) is 0 Å². The molecule has 0 aliphatic heterocycles. The van der Waals surface area contributed by atoms with E-state index < -0.39 is 5.60 Å². The number of halogens is 1. The van der Waals surface area contributed by atoms with Crippen LogP contribution in [0.15, 0.2) is 28.9 Å². The van der Waals surface area contributed by atoms with Gasteiger partial charge in [-0.15, -0.1) is 0 Å². The maximum Gasteiger partial charge on any atom is 0.407 e. The summed E-state index contributed by atoms with van der Waals surface area (Å²) in [7, 11) is 0. The summed E-state index contributed by atoms with van der Waals surface area (Å²) in [6, 6.07) is 6.22. The van der Waals surface area contributed by atoms with E-state index in [1.54, 1.807) is 13.1 Å². The molecule has 1 aliphatic carbocycles. The number of benzene rings is 1. The number of amides is 1. The lowest BCUT2D eigenvalue weighted by Gasteiger charge is -2.31. The number of rotatable bonds is 4. The van der Waals surface area contributed by atoms with Gasteiger partial charge in [0.15, 0.2) is 5.78 Å². The van der Waals surface area contributed by atoms with E-state index in [2.05, 4.69) is 31.5 Å². The highest BCUT2D eigenvalue weighted by Gasteiger charge is 2.26. The summed E-state index contributed by atoms with van der Waals surface area (Å²) in [6.45, 7) is 7.14. The van der Waals surface area contributed by atoms with Gasteiger partial charge in [-0.25, -0.2) is 4.79 Å². The molecule has 6 nitrogen and oxygen atoms in total. The lowest BCUT2D eigenvalue weighted by Crippen LogP contribution is -2.42. The highest BCUT2D eigenvalue weighted by molar-refractivity contribution is 9.10.